The standard InChI is InChI=1S/C50H39N3/c1-33-29-30-43(36(4)51-33)40-22-15-21-39(31-40)35(3)53-50(52-34(2)37-17-7-5-8-18-37)42-24-16-23-41(32-42)49-46-27-13-11-25-44(46)48(38-19-9-6-10-20-38)45-26-12-14-28-47(45)49/h5-32H,3H2,1-2,4H3. The molecule has 0 amide bonds. The quantitative estimate of drug-likeness (QED) is 0.0937. The van der Waals surface area contributed by atoms with Gasteiger partial charge in [-0.05, 0) is 93.9 Å². The highest BCUT2D eigenvalue weighted by atomic mass is 14.9. The molecule has 0 unspecified atom stereocenters. The second kappa shape index (κ2) is 14.5. The van der Waals surface area contributed by atoms with Gasteiger partial charge in [-0.1, -0.05) is 158 Å². The first-order valence-electron chi connectivity index (χ1n) is 18.0. The summed E-state index contributed by atoms with van der Waals surface area (Å²) in [6.45, 7) is 10.6. The zero-order chi connectivity index (χ0) is 36.3. The molecule has 0 N–H and O–H groups in total. The van der Waals surface area contributed by atoms with Crippen LogP contribution < -0.4 is 0 Å². The van der Waals surface area contributed by atoms with Gasteiger partial charge in [0.15, 0.2) is 5.84 Å². The van der Waals surface area contributed by atoms with Crippen LogP contribution >= 0.6 is 0 Å². The van der Waals surface area contributed by atoms with E-state index < -0.39 is 0 Å². The lowest BCUT2D eigenvalue weighted by atomic mass is 9.85. The van der Waals surface area contributed by atoms with Crippen LogP contribution in [-0.2, 0) is 0 Å². The van der Waals surface area contributed by atoms with Crippen molar-refractivity contribution >= 4 is 38.8 Å². The molecule has 0 bridgehead atoms. The Morgan fingerprint density at radius 2 is 0.962 bits per heavy atom. The van der Waals surface area contributed by atoms with E-state index in [9.17, 15) is 0 Å². The number of nitrogens with zero attached hydrogens (tertiary/aromatic N) is 3. The number of hydrogen-bond acceptors (Lipinski definition) is 2. The van der Waals surface area contributed by atoms with Gasteiger partial charge in [0, 0.05) is 33.8 Å². The molecule has 254 valence electrons. The Kier molecular flexibility index (Phi) is 9.14. The van der Waals surface area contributed by atoms with Gasteiger partial charge >= 0.3 is 0 Å². The summed E-state index contributed by atoms with van der Waals surface area (Å²) in [7, 11) is 0. The number of aliphatic imine (C=N–C) groups is 2. The van der Waals surface area contributed by atoms with Gasteiger partial charge in [0.25, 0.3) is 0 Å². The Balaban J connectivity index is 1.29. The molecule has 0 aliphatic heterocycles. The van der Waals surface area contributed by atoms with Gasteiger partial charge in [-0.2, -0.15) is 0 Å². The molecule has 3 heteroatoms. The number of amidine groups is 1. The van der Waals surface area contributed by atoms with E-state index in [-0.39, 0.29) is 0 Å². The molecular weight excluding hydrogens is 643 g/mol. The first-order valence-corrected chi connectivity index (χ1v) is 18.0. The van der Waals surface area contributed by atoms with Gasteiger partial charge in [0.1, 0.15) is 0 Å². The van der Waals surface area contributed by atoms with Gasteiger partial charge in [0.05, 0.1) is 5.70 Å². The predicted octanol–water partition coefficient (Wildman–Crippen LogP) is 12.9. The topological polar surface area (TPSA) is 37.6 Å². The monoisotopic (exact) mass is 681 g/mol. The molecule has 8 aromatic rings. The smallest absolute Gasteiger partial charge is 0.160 e. The van der Waals surface area contributed by atoms with Crippen molar-refractivity contribution in [2.75, 3.05) is 0 Å². The van der Waals surface area contributed by atoms with Crippen LogP contribution in [0.2, 0.25) is 0 Å². The number of fused-ring (bicyclic) bond motifs is 2. The minimum atomic E-state index is 0.603. The Hall–Kier alpha value is -6.71. The highest BCUT2D eigenvalue weighted by Crippen LogP contribution is 2.43. The molecule has 0 radical (unpaired) electrons. The van der Waals surface area contributed by atoms with Gasteiger partial charge in [-0.15, -0.1) is 0 Å². The molecule has 1 aromatic heterocycles. The summed E-state index contributed by atoms with van der Waals surface area (Å²) in [6.07, 6.45) is 0. The van der Waals surface area contributed by atoms with Crippen molar-refractivity contribution in [2.45, 2.75) is 20.8 Å². The summed E-state index contributed by atoms with van der Waals surface area (Å²) in [5, 5.41) is 4.84. The maximum Gasteiger partial charge on any atom is 0.160 e. The predicted molar refractivity (Wildman–Crippen MR) is 226 cm³/mol. The lowest BCUT2D eigenvalue weighted by molar-refractivity contribution is 1.13. The molecule has 7 aromatic carbocycles. The van der Waals surface area contributed by atoms with Crippen molar-refractivity contribution in [2.24, 2.45) is 9.98 Å². The van der Waals surface area contributed by atoms with Gasteiger partial charge in [-0.3, -0.25) is 4.98 Å². The Labute approximate surface area is 311 Å². The van der Waals surface area contributed by atoms with E-state index in [1.165, 1.54) is 38.2 Å². The number of aryl methyl sites for hydroxylation is 2. The first-order chi connectivity index (χ1) is 25.9. The highest BCUT2D eigenvalue weighted by molar-refractivity contribution is 6.22. The third-order valence-corrected chi connectivity index (χ3v) is 9.84. The van der Waals surface area contributed by atoms with E-state index >= 15 is 0 Å². The second-order valence-corrected chi connectivity index (χ2v) is 13.4. The largest absolute Gasteiger partial charge is 0.258 e. The molecule has 0 saturated heterocycles. The molecule has 0 spiro atoms. The molecule has 0 atom stereocenters. The zero-order valence-electron chi connectivity index (χ0n) is 30.2. The number of benzene rings is 7. The Morgan fingerprint density at radius 1 is 0.472 bits per heavy atom. The summed E-state index contributed by atoms with van der Waals surface area (Å²) < 4.78 is 0. The fourth-order valence-electron chi connectivity index (χ4n) is 7.28. The molecule has 0 aliphatic rings. The summed E-state index contributed by atoms with van der Waals surface area (Å²) in [6, 6.07) is 59.6. The molecule has 1 heterocycles. The van der Waals surface area contributed by atoms with Crippen molar-refractivity contribution in [3.63, 3.8) is 0 Å². The summed E-state index contributed by atoms with van der Waals surface area (Å²) in [5.74, 6) is 0.603. The van der Waals surface area contributed by atoms with E-state index in [2.05, 4.69) is 165 Å². The first kappa shape index (κ1) is 33.4. The van der Waals surface area contributed by atoms with Crippen LogP contribution in [0, 0.1) is 13.8 Å². The number of hydrogen-bond donors (Lipinski definition) is 0. The van der Waals surface area contributed by atoms with Crippen molar-refractivity contribution in [3.05, 3.63) is 205 Å². The molecular formula is C50H39N3. The molecule has 0 aliphatic carbocycles. The van der Waals surface area contributed by atoms with Crippen LogP contribution in [-0.4, -0.2) is 16.5 Å². The molecule has 53 heavy (non-hydrogen) atoms. The summed E-state index contributed by atoms with van der Waals surface area (Å²) >= 11 is 0. The number of aromatic nitrogens is 1. The highest BCUT2D eigenvalue weighted by Gasteiger charge is 2.17. The summed E-state index contributed by atoms with van der Waals surface area (Å²) in [5.41, 5.74) is 13.3. The van der Waals surface area contributed by atoms with Crippen molar-refractivity contribution in [1.82, 2.24) is 4.98 Å². The van der Waals surface area contributed by atoms with Crippen molar-refractivity contribution in [3.8, 4) is 33.4 Å². The van der Waals surface area contributed by atoms with E-state index in [0.717, 1.165) is 50.5 Å². The third-order valence-electron chi connectivity index (χ3n) is 9.84. The Bertz CT molecular complexity index is 2650. The van der Waals surface area contributed by atoms with Crippen molar-refractivity contribution < 1.29 is 0 Å². The third kappa shape index (κ3) is 6.73. The van der Waals surface area contributed by atoms with E-state index in [1.807, 2.05) is 32.0 Å². The lowest BCUT2D eigenvalue weighted by Gasteiger charge is -2.18. The second-order valence-electron chi connectivity index (χ2n) is 13.4. The summed E-state index contributed by atoms with van der Waals surface area (Å²) in [4.78, 5) is 15.1. The normalized spacial score (nSPS) is 12.0. The zero-order valence-corrected chi connectivity index (χ0v) is 30.2. The van der Waals surface area contributed by atoms with Crippen LogP contribution in [0.4, 0.5) is 0 Å². The van der Waals surface area contributed by atoms with Crippen LogP contribution in [0.15, 0.2) is 186 Å². The van der Waals surface area contributed by atoms with Crippen molar-refractivity contribution in [1.29, 1.82) is 0 Å². The van der Waals surface area contributed by atoms with E-state index in [0.29, 0.717) is 11.5 Å². The average molecular weight is 682 g/mol. The SMILES string of the molecule is C=C(N=C(N=C(C)c1ccccc1)c1cccc(-c2c3ccccc3c(-c3ccccc3)c3ccccc23)c1)c1cccc(-c2ccc(C)nc2C)c1. The van der Waals surface area contributed by atoms with Crippen LogP contribution in [0.1, 0.15) is 35.0 Å². The minimum Gasteiger partial charge on any atom is -0.258 e. The maximum absolute atomic E-state index is 5.20. The number of rotatable bonds is 7. The van der Waals surface area contributed by atoms with E-state index in [4.69, 9.17) is 15.0 Å². The van der Waals surface area contributed by atoms with Gasteiger partial charge in [-0.25, -0.2) is 9.98 Å². The molecule has 0 saturated carbocycles. The van der Waals surface area contributed by atoms with Crippen LogP contribution in [0.25, 0.3) is 60.6 Å². The fraction of sp³-hybridized carbons (Fsp3) is 0.0600. The molecule has 3 nitrogen and oxygen atoms in total. The van der Waals surface area contributed by atoms with Gasteiger partial charge < -0.3 is 0 Å². The maximum atomic E-state index is 5.20. The van der Waals surface area contributed by atoms with E-state index in [1.54, 1.807) is 0 Å². The molecule has 0 fully saturated rings. The fourth-order valence-corrected chi connectivity index (χ4v) is 7.28. The lowest BCUT2D eigenvalue weighted by Crippen LogP contribution is -2.04. The van der Waals surface area contributed by atoms with Crippen LogP contribution in [0.5, 0.6) is 0 Å². The van der Waals surface area contributed by atoms with Crippen LogP contribution in [0.3, 0.4) is 0 Å². The number of pyridine rings is 1. The Morgan fingerprint density at radius 3 is 1.58 bits per heavy atom. The van der Waals surface area contributed by atoms with Gasteiger partial charge in [0.2, 0.25) is 0 Å². The minimum absolute atomic E-state index is 0.603. The average Bonchev–Trinajstić information content (AvgIpc) is 3.20. The molecule has 8 rings (SSSR count).